The fourth-order valence-corrected chi connectivity index (χ4v) is 2.85. The van der Waals surface area contributed by atoms with Crippen molar-refractivity contribution in [2.45, 2.75) is 57.7 Å². The van der Waals surface area contributed by atoms with Crippen LogP contribution in [-0.2, 0) is 11.4 Å². The Labute approximate surface area is 126 Å². The molecule has 0 spiro atoms. The van der Waals surface area contributed by atoms with Gasteiger partial charge in [0.05, 0.1) is 6.61 Å². The molecular weight excluding hydrogens is 264 g/mol. The molecule has 1 saturated carbocycles. The van der Waals surface area contributed by atoms with Crippen LogP contribution in [0.4, 0.5) is 0 Å². The van der Waals surface area contributed by atoms with Gasteiger partial charge in [0.25, 0.3) is 0 Å². The maximum absolute atomic E-state index is 11.8. The third-order valence-corrected chi connectivity index (χ3v) is 4.16. The van der Waals surface area contributed by atoms with E-state index >= 15 is 0 Å². The van der Waals surface area contributed by atoms with Crippen LogP contribution in [0.2, 0.25) is 0 Å². The molecule has 0 saturated heterocycles. The van der Waals surface area contributed by atoms with Gasteiger partial charge in [0.15, 0.2) is 0 Å². The molecule has 4 heteroatoms. The molecule has 3 N–H and O–H groups in total. The molecular formula is C17H26N2O2. The number of hydrogen-bond acceptors (Lipinski definition) is 3. The molecule has 1 amide bonds. The Bertz CT molecular complexity index is 456. The van der Waals surface area contributed by atoms with E-state index in [0.717, 1.165) is 24.0 Å². The lowest BCUT2D eigenvalue weighted by Crippen LogP contribution is -2.34. The van der Waals surface area contributed by atoms with E-state index in [9.17, 15) is 4.79 Å². The molecule has 1 aromatic rings. The molecule has 0 radical (unpaired) electrons. The van der Waals surface area contributed by atoms with Gasteiger partial charge in [-0.25, -0.2) is 0 Å². The van der Waals surface area contributed by atoms with Gasteiger partial charge < -0.3 is 15.7 Å². The van der Waals surface area contributed by atoms with Crippen LogP contribution in [0.1, 0.15) is 56.2 Å². The predicted octanol–water partition coefficient (Wildman–Crippen LogP) is 2.28. The molecule has 1 atom stereocenters. The predicted molar refractivity (Wildman–Crippen MR) is 83.8 cm³/mol. The first-order chi connectivity index (χ1) is 10.2. The van der Waals surface area contributed by atoms with Crippen molar-refractivity contribution in [2.24, 2.45) is 0 Å². The summed E-state index contributed by atoms with van der Waals surface area (Å²) in [6.45, 7) is 2.80. The van der Waals surface area contributed by atoms with Gasteiger partial charge in [0.2, 0.25) is 5.91 Å². The first-order valence-corrected chi connectivity index (χ1v) is 7.91. The van der Waals surface area contributed by atoms with E-state index in [-0.39, 0.29) is 18.6 Å². The number of nitrogens with one attached hydrogen (secondary N) is 2. The summed E-state index contributed by atoms with van der Waals surface area (Å²) in [7, 11) is 0. The van der Waals surface area contributed by atoms with Crippen LogP contribution in [0.25, 0.3) is 0 Å². The fraction of sp³-hybridized carbons (Fsp3) is 0.588. The molecule has 0 aromatic heterocycles. The Kier molecular flexibility index (Phi) is 6.21. The zero-order valence-electron chi connectivity index (χ0n) is 12.8. The lowest BCUT2D eigenvalue weighted by Gasteiger charge is -2.16. The second-order valence-corrected chi connectivity index (χ2v) is 5.88. The Morgan fingerprint density at radius 2 is 2.14 bits per heavy atom. The lowest BCUT2D eigenvalue weighted by molar-refractivity contribution is -0.121. The van der Waals surface area contributed by atoms with Crippen molar-refractivity contribution in [2.75, 3.05) is 6.54 Å². The highest BCUT2D eigenvalue weighted by atomic mass is 16.3. The minimum absolute atomic E-state index is 0.0599. The highest BCUT2D eigenvalue weighted by molar-refractivity contribution is 5.76. The van der Waals surface area contributed by atoms with Gasteiger partial charge in [0, 0.05) is 25.0 Å². The van der Waals surface area contributed by atoms with E-state index in [1.807, 2.05) is 24.3 Å². The first-order valence-electron chi connectivity index (χ1n) is 7.91. The topological polar surface area (TPSA) is 61.4 Å². The van der Waals surface area contributed by atoms with Crippen molar-refractivity contribution in [1.82, 2.24) is 10.6 Å². The van der Waals surface area contributed by atoms with Gasteiger partial charge in [-0.3, -0.25) is 4.79 Å². The van der Waals surface area contributed by atoms with E-state index in [0.29, 0.717) is 19.0 Å². The molecule has 2 rings (SSSR count). The molecule has 1 aromatic carbocycles. The van der Waals surface area contributed by atoms with Crippen LogP contribution in [0, 0.1) is 0 Å². The second-order valence-electron chi connectivity index (χ2n) is 5.88. The minimum Gasteiger partial charge on any atom is -0.392 e. The van der Waals surface area contributed by atoms with E-state index in [4.69, 9.17) is 5.11 Å². The highest BCUT2D eigenvalue weighted by Crippen LogP contribution is 2.17. The van der Waals surface area contributed by atoms with E-state index < -0.39 is 0 Å². The number of aliphatic hydroxyl groups excluding tert-OH is 1. The largest absolute Gasteiger partial charge is 0.392 e. The van der Waals surface area contributed by atoms with E-state index in [1.165, 1.54) is 12.8 Å². The summed E-state index contributed by atoms with van der Waals surface area (Å²) in [5, 5.41) is 15.6. The van der Waals surface area contributed by atoms with Gasteiger partial charge in [-0.05, 0) is 30.9 Å². The molecule has 0 aliphatic heterocycles. The van der Waals surface area contributed by atoms with Crippen molar-refractivity contribution >= 4 is 5.91 Å². The normalized spacial score (nSPS) is 16.9. The van der Waals surface area contributed by atoms with Crippen molar-refractivity contribution in [3.05, 3.63) is 35.4 Å². The number of benzene rings is 1. The third kappa shape index (κ3) is 5.14. The second kappa shape index (κ2) is 8.15. The van der Waals surface area contributed by atoms with Gasteiger partial charge in [0.1, 0.15) is 0 Å². The molecule has 1 aliphatic rings. The quantitative estimate of drug-likeness (QED) is 0.722. The number of hydrogen-bond donors (Lipinski definition) is 3. The average Bonchev–Trinajstić information content (AvgIpc) is 3.00. The van der Waals surface area contributed by atoms with Crippen molar-refractivity contribution in [3.8, 4) is 0 Å². The molecule has 116 valence electrons. The molecule has 4 nitrogen and oxygen atoms in total. The minimum atomic E-state index is 0.0599. The Hall–Kier alpha value is -1.39. The van der Waals surface area contributed by atoms with Gasteiger partial charge >= 0.3 is 0 Å². The summed E-state index contributed by atoms with van der Waals surface area (Å²) in [6, 6.07) is 8.47. The number of amides is 1. The Morgan fingerprint density at radius 1 is 1.38 bits per heavy atom. The SMILES string of the molecule is CC(NCCC(=O)NC1CCCC1)c1cccc(CO)c1. The van der Waals surface area contributed by atoms with Gasteiger partial charge in [-0.15, -0.1) is 0 Å². The van der Waals surface area contributed by atoms with Gasteiger partial charge in [-0.2, -0.15) is 0 Å². The molecule has 1 unspecified atom stereocenters. The van der Waals surface area contributed by atoms with Crippen LogP contribution < -0.4 is 10.6 Å². The van der Waals surface area contributed by atoms with E-state index in [2.05, 4.69) is 17.6 Å². The number of rotatable bonds is 7. The summed E-state index contributed by atoms with van der Waals surface area (Å²) in [5.74, 6) is 0.144. The molecule has 0 heterocycles. The van der Waals surface area contributed by atoms with Crippen LogP contribution >= 0.6 is 0 Å². The van der Waals surface area contributed by atoms with Crippen LogP contribution in [0.5, 0.6) is 0 Å². The zero-order chi connectivity index (χ0) is 15.1. The zero-order valence-corrected chi connectivity index (χ0v) is 12.8. The van der Waals surface area contributed by atoms with Crippen molar-refractivity contribution < 1.29 is 9.90 Å². The molecule has 1 fully saturated rings. The van der Waals surface area contributed by atoms with Gasteiger partial charge in [-0.1, -0.05) is 37.1 Å². The first kappa shape index (κ1) is 16.0. The summed E-state index contributed by atoms with van der Waals surface area (Å²) in [6.07, 6.45) is 5.25. The van der Waals surface area contributed by atoms with Crippen molar-refractivity contribution in [1.29, 1.82) is 0 Å². The monoisotopic (exact) mass is 290 g/mol. The lowest BCUT2D eigenvalue weighted by atomic mass is 10.1. The van der Waals surface area contributed by atoms with Crippen molar-refractivity contribution in [3.63, 3.8) is 0 Å². The maximum Gasteiger partial charge on any atom is 0.221 e. The van der Waals surface area contributed by atoms with E-state index in [1.54, 1.807) is 0 Å². The average molecular weight is 290 g/mol. The molecule has 21 heavy (non-hydrogen) atoms. The third-order valence-electron chi connectivity index (χ3n) is 4.16. The highest BCUT2D eigenvalue weighted by Gasteiger charge is 2.16. The van der Waals surface area contributed by atoms with Crippen LogP contribution in [-0.4, -0.2) is 23.6 Å². The smallest absolute Gasteiger partial charge is 0.221 e. The number of aliphatic hydroxyl groups is 1. The Balaban J connectivity index is 1.70. The molecule has 1 aliphatic carbocycles. The summed E-state index contributed by atoms with van der Waals surface area (Å²) < 4.78 is 0. The summed E-state index contributed by atoms with van der Waals surface area (Å²) in [4.78, 5) is 11.8. The number of carbonyl (C=O) groups excluding carboxylic acids is 1. The van der Waals surface area contributed by atoms with Crippen LogP contribution in [0.3, 0.4) is 0 Å². The standard InChI is InChI=1S/C17H26N2O2/c1-13(15-6-4-5-14(11-15)12-20)18-10-9-17(21)19-16-7-2-3-8-16/h4-6,11,13,16,18,20H,2-3,7-10,12H2,1H3,(H,19,21). The number of carbonyl (C=O) groups is 1. The Morgan fingerprint density at radius 3 is 2.86 bits per heavy atom. The maximum atomic E-state index is 11.8. The van der Waals surface area contributed by atoms with Crippen LogP contribution in [0.15, 0.2) is 24.3 Å². The molecule has 0 bridgehead atoms. The fourth-order valence-electron chi connectivity index (χ4n) is 2.85. The summed E-state index contributed by atoms with van der Waals surface area (Å²) >= 11 is 0. The summed E-state index contributed by atoms with van der Waals surface area (Å²) in [5.41, 5.74) is 2.05.